The number of hydrogen-bond acceptors (Lipinski definition) is 7. The summed E-state index contributed by atoms with van der Waals surface area (Å²) in [5.41, 5.74) is 0.315. The minimum Gasteiger partial charge on any atom is -0.504 e. The van der Waals surface area contributed by atoms with Gasteiger partial charge in [0.15, 0.2) is 11.5 Å². The average Bonchev–Trinajstić information content (AvgIpc) is 3.40. The van der Waals surface area contributed by atoms with Gasteiger partial charge in [0.05, 0.1) is 11.4 Å². The number of phenols is 1. The van der Waals surface area contributed by atoms with Crippen molar-refractivity contribution in [1.82, 2.24) is 9.55 Å². The second-order valence-electron chi connectivity index (χ2n) is 6.00. The molecule has 0 unspecified atom stereocenters. The molecule has 29 heavy (non-hydrogen) atoms. The second-order valence-corrected chi connectivity index (χ2v) is 9.21. The topological polar surface area (TPSA) is 123 Å². The Morgan fingerprint density at radius 1 is 1.38 bits per heavy atom. The van der Waals surface area contributed by atoms with Gasteiger partial charge in [-0.25, -0.2) is 13.2 Å². The van der Waals surface area contributed by atoms with Gasteiger partial charge >= 0.3 is 5.69 Å². The van der Waals surface area contributed by atoms with Gasteiger partial charge in [-0.05, 0) is 30.5 Å². The van der Waals surface area contributed by atoms with Crippen molar-refractivity contribution in [2.75, 3.05) is 11.5 Å². The molecule has 0 fully saturated rings. The molecule has 152 valence electrons. The number of ether oxygens (including phenoxy) is 2. The number of anilines is 1. The summed E-state index contributed by atoms with van der Waals surface area (Å²) < 4.78 is 39.5. The van der Waals surface area contributed by atoms with Gasteiger partial charge < -0.3 is 19.6 Å². The van der Waals surface area contributed by atoms with Crippen molar-refractivity contribution < 1.29 is 23.0 Å². The van der Waals surface area contributed by atoms with Crippen molar-refractivity contribution in [3.05, 3.63) is 50.5 Å². The van der Waals surface area contributed by atoms with Gasteiger partial charge in [0.1, 0.15) is 9.36 Å². The van der Waals surface area contributed by atoms with Gasteiger partial charge in [-0.15, -0.1) is 11.3 Å². The molecule has 0 saturated carbocycles. The predicted molar refractivity (Wildman–Crippen MR) is 109 cm³/mol. The van der Waals surface area contributed by atoms with E-state index < -0.39 is 15.7 Å². The molecule has 0 radical (unpaired) electrons. The van der Waals surface area contributed by atoms with E-state index in [0.29, 0.717) is 5.69 Å². The molecule has 0 spiro atoms. The molecule has 1 aromatic carbocycles. The summed E-state index contributed by atoms with van der Waals surface area (Å²) in [6.45, 7) is 1.47. The minimum absolute atomic E-state index is 0.000257. The van der Waals surface area contributed by atoms with Gasteiger partial charge in [-0.2, -0.15) is 0 Å². The highest BCUT2D eigenvalue weighted by Gasteiger charge is 2.27. The van der Waals surface area contributed by atoms with E-state index in [0.717, 1.165) is 15.9 Å². The highest BCUT2D eigenvalue weighted by atomic mass is 35.5. The van der Waals surface area contributed by atoms with Crippen molar-refractivity contribution in [3.63, 3.8) is 0 Å². The number of aromatic amines is 1. The number of aromatic nitrogens is 2. The highest BCUT2D eigenvalue weighted by Crippen LogP contribution is 2.48. The van der Waals surface area contributed by atoms with E-state index in [1.165, 1.54) is 24.4 Å². The molecule has 12 heteroatoms. The molecular formula is C17H14ClN3O6S2. The molecular weight excluding hydrogens is 442 g/mol. The lowest BCUT2D eigenvalue weighted by atomic mass is 10.1. The van der Waals surface area contributed by atoms with Crippen LogP contribution in [0.3, 0.4) is 0 Å². The summed E-state index contributed by atoms with van der Waals surface area (Å²) in [6.07, 6.45) is 2.75. The second kappa shape index (κ2) is 7.17. The van der Waals surface area contributed by atoms with Crippen molar-refractivity contribution in [1.29, 1.82) is 0 Å². The number of halogens is 1. The molecule has 3 N–H and O–H groups in total. The number of benzene rings is 1. The zero-order valence-corrected chi connectivity index (χ0v) is 17.2. The molecule has 1 aliphatic heterocycles. The fourth-order valence-corrected chi connectivity index (χ4v) is 4.95. The standard InChI is InChI=1S/C17H14ClN3O6S2/c1-9-16(18)21(17(23)19-9)5-4-10-7-11(14-15(13(10)22)27-8-26-14)20-29(24,25)12-3-2-6-28-12/h2-7,20,22H,8H2,1H3,(H,19,23). The van der Waals surface area contributed by atoms with Gasteiger partial charge in [0.25, 0.3) is 10.0 Å². The van der Waals surface area contributed by atoms with E-state index in [4.69, 9.17) is 21.1 Å². The number of fused-ring (bicyclic) bond motifs is 1. The van der Waals surface area contributed by atoms with E-state index in [9.17, 15) is 18.3 Å². The molecule has 0 bridgehead atoms. The van der Waals surface area contributed by atoms with E-state index in [1.54, 1.807) is 18.4 Å². The van der Waals surface area contributed by atoms with E-state index in [2.05, 4.69) is 9.71 Å². The number of imidazole rings is 1. The van der Waals surface area contributed by atoms with E-state index in [1.807, 2.05) is 0 Å². The first-order chi connectivity index (χ1) is 13.8. The first-order valence-electron chi connectivity index (χ1n) is 8.14. The van der Waals surface area contributed by atoms with Crippen LogP contribution in [0.25, 0.3) is 12.3 Å². The lowest BCUT2D eigenvalue weighted by Crippen LogP contribution is -2.12. The number of aryl methyl sites for hydroxylation is 1. The Hall–Kier alpha value is -2.89. The van der Waals surface area contributed by atoms with Crippen LogP contribution in [0.2, 0.25) is 5.15 Å². The van der Waals surface area contributed by atoms with Crippen LogP contribution in [-0.4, -0.2) is 29.9 Å². The summed E-state index contributed by atoms with van der Waals surface area (Å²) in [7, 11) is -3.85. The number of phenolic OH excluding ortho intramolecular Hbond substituents is 1. The maximum absolute atomic E-state index is 12.6. The van der Waals surface area contributed by atoms with Crippen LogP contribution in [0.4, 0.5) is 5.69 Å². The smallest absolute Gasteiger partial charge is 0.331 e. The number of aromatic hydroxyl groups is 1. The highest BCUT2D eigenvalue weighted by molar-refractivity contribution is 7.94. The van der Waals surface area contributed by atoms with Crippen molar-refractivity contribution in [2.24, 2.45) is 0 Å². The predicted octanol–water partition coefficient (Wildman–Crippen LogP) is 3.06. The zero-order chi connectivity index (χ0) is 20.8. The third-order valence-electron chi connectivity index (χ3n) is 4.09. The Morgan fingerprint density at radius 2 is 2.14 bits per heavy atom. The van der Waals surface area contributed by atoms with E-state index in [-0.39, 0.29) is 44.7 Å². The molecule has 4 rings (SSSR count). The number of rotatable bonds is 5. The first-order valence-corrected chi connectivity index (χ1v) is 10.9. The summed E-state index contributed by atoms with van der Waals surface area (Å²) in [4.78, 5) is 14.5. The third-order valence-corrected chi connectivity index (χ3v) is 7.32. The number of hydrogen-bond donors (Lipinski definition) is 3. The Morgan fingerprint density at radius 3 is 2.79 bits per heavy atom. The molecule has 9 nitrogen and oxygen atoms in total. The third kappa shape index (κ3) is 3.48. The lowest BCUT2D eigenvalue weighted by molar-refractivity contribution is 0.171. The van der Waals surface area contributed by atoms with Gasteiger partial charge in [0.2, 0.25) is 12.5 Å². The molecule has 3 aromatic rings. The maximum atomic E-state index is 12.6. The first kappa shape index (κ1) is 19.4. The number of sulfonamides is 1. The summed E-state index contributed by atoms with van der Waals surface area (Å²) in [6, 6.07) is 4.46. The van der Waals surface area contributed by atoms with Crippen molar-refractivity contribution in [2.45, 2.75) is 11.1 Å². The van der Waals surface area contributed by atoms with Crippen LogP contribution in [0.5, 0.6) is 17.2 Å². The number of thiophene rings is 1. The fourth-order valence-electron chi connectivity index (χ4n) is 2.72. The summed E-state index contributed by atoms with van der Waals surface area (Å²) >= 11 is 7.13. The number of nitrogens with one attached hydrogen (secondary N) is 2. The molecule has 1 aliphatic rings. The van der Waals surface area contributed by atoms with E-state index >= 15 is 0 Å². The van der Waals surface area contributed by atoms with Crippen LogP contribution in [-0.2, 0) is 10.0 Å². The molecule has 0 saturated heterocycles. The van der Waals surface area contributed by atoms with Crippen LogP contribution in [0.1, 0.15) is 11.3 Å². The Bertz CT molecular complexity index is 1280. The van der Waals surface area contributed by atoms with Gasteiger partial charge in [0, 0.05) is 11.8 Å². The van der Waals surface area contributed by atoms with Crippen LogP contribution in [0, 0.1) is 6.92 Å². The Labute approximate surface area is 173 Å². The number of nitrogens with zero attached hydrogens (tertiary/aromatic N) is 1. The van der Waals surface area contributed by atoms with Gasteiger partial charge in [-0.1, -0.05) is 17.7 Å². The SMILES string of the molecule is Cc1[nH]c(=O)n(C=Cc2cc(NS(=O)(=O)c3cccs3)c3c(c2O)OCO3)c1Cl. The summed E-state index contributed by atoms with van der Waals surface area (Å²) in [5, 5.41) is 12.3. The molecule has 2 aromatic heterocycles. The minimum atomic E-state index is -3.85. The molecule has 3 heterocycles. The van der Waals surface area contributed by atoms with Gasteiger partial charge in [-0.3, -0.25) is 9.29 Å². The monoisotopic (exact) mass is 455 g/mol. The van der Waals surface area contributed by atoms with Crippen molar-refractivity contribution >= 4 is 50.9 Å². The van der Waals surface area contributed by atoms with Crippen LogP contribution in [0.15, 0.2) is 32.6 Å². The Kier molecular flexibility index (Phi) is 4.81. The quantitative estimate of drug-likeness (QED) is 0.508. The number of H-pyrrole nitrogens is 1. The molecule has 0 aliphatic carbocycles. The lowest BCUT2D eigenvalue weighted by Gasteiger charge is -2.12. The van der Waals surface area contributed by atoms with Crippen molar-refractivity contribution in [3.8, 4) is 17.2 Å². The Balaban J connectivity index is 1.77. The maximum Gasteiger partial charge on any atom is 0.331 e. The normalized spacial score (nSPS) is 13.3. The van der Waals surface area contributed by atoms with Crippen LogP contribution >= 0.6 is 22.9 Å². The van der Waals surface area contributed by atoms with Crippen LogP contribution < -0.4 is 19.9 Å². The fraction of sp³-hybridized carbons (Fsp3) is 0.118. The zero-order valence-electron chi connectivity index (χ0n) is 14.8. The largest absolute Gasteiger partial charge is 0.504 e. The molecule has 0 amide bonds. The summed E-state index contributed by atoms with van der Waals surface area (Å²) in [5.74, 6) is -0.184. The molecule has 0 atom stereocenters. The average molecular weight is 456 g/mol.